The van der Waals surface area contributed by atoms with E-state index in [4.69, 9.17) is 0 Å². The number of nitrogens with zero attached hydrogens (tertiary/aromatic N) is 2. The Morgan fingerprint density at radius 3 is 3.16 bits per heavy atom. The second kappa shape index (κ2) is 5.57. The first-order valence-electron chi connectivity index (χ1n) is 7.12. The lowest BCUT2D eigenvalue weighted by molar-refractivity contribution is 0.194. The summed E-state index contributed by atoms with van der Waals surface area (Å²) in [5.74, 6) is 0. The number of benzene rings is 1. The zero-order valence-electron chi connectivity index (χ0n) is 11.5. The highest BCUT2D eigenvalue weighted by molar-refractivity contribution is 5.82. The summed E-state index contributed by atoms with van der Waals surface area (Å²) in [6, 6.07) is 11.2. The fourth-order valence-corrected chi connectivity index (χ4v) is 2.82. The lowest BCUT2D eigenvalue weighted by atomic mass is 10.0. The van der Waals surface area contributed by atoms with Crippen molar-refractivity contribution in [2.24, 2.45) is 0 Å². The molecule has 1 atom stereocenters. The van der Waals surface area contributed by atoms with Gasteiger partial charge in [-0.1, -0.05) is 12.5 Å². The van der Waals surface area contributed by atoms with E-state index in [0.29, 0.717) is 6.04 Å². The van der Waals surface area contributed by atoms with Crippen LogP contribution in [0.5, 0.6) is 0 Å². The number of nitrogens with one attached hydrogen (secondary N) is 1. The van der Waals surface area contributed by atoms with Gasteiger partial charge in [0.25, 0.3) is 0 Å². The number of likely N-dealkylation sites (tertiary alicyclic amines) is 1. The first-order valence-corrected chi connectivity index (χ1v) is 7.12. The van der Waals surface area contributed by atoms with Crippen LogP contribution in [-0.2, 0) is 0 Å². The van der Waals surface area contributed by atoms with Crippen LogP contribution in [0.15, 0.2) is 36.5 Å². The Kier molecular flexibility index (Phi) is 3.65. The van der Waals surface area contributed by atoms with Crippen LogP contribution >= 0.6 is 0 Å². The number of piperidine rings is 1. The molecule has 0 saturated carbocycles. The maximum atomic E-state index is 4.35. The summed E-state index contributed by atoms with van der Waals surface area (Å²) < 4.78 is 0. The van der Waals surface area contributed by atoms with Crippen molar-refractivity contribution in [1.82, 2.24) is 9.88 Å². The molecular weight excluding hydrogens is 234 g/mol. The third-order valence-electron chi connectivity index (χ3n) is 4.07. The van der Waals surface area contributed by atoms with Gasteiger partial charge in [0, 0.05) is 29.9 Å². The molecule has 0 spiro atoms. The van der Waals surface area contributed by atoms with E-state index in [1.54, 1.807) is 0 Å². The molecule has 0 aliphatic carbocycles. The molecule has 1 aromatic carbocycles. The van der Waals surface area contributed by atoms with Gasteiger partial charge in [0.1, 0.15) is 0 Å². The van der Waals surface area contributed by atoms with E-state index in [1.807, 2.05) is 12.3 Å². The molecule has 2 heterocycles. The Morgan fingerprint density at radius 1 is 1.32 bits per heavy atom. The maximum Gasteiger partial charge on any atom is 0.0703 e. The maximum absolute atomic E-state index is 4.35. The number of fused-ring (bicyclic) bond motifs is 1. The molecule has 19 heavy (non-hydrogen) atoms. The van der Waals surface area contributed by atoms with Crippen molar-refractivity contribution in [1.29, 1.82) is 0 Å². The number of aromatic nitrogens is 1. The first-order chi connectivity index (χ1) is 9.33. The normalized spacial score (nSPS) is 20.6. The summed E-state index contributed by atoms with van der Waals surface area (Å²) >= 11 is 0. The van der Waals surface area contributed by atoms with Gasteiger partial charge in [-0.2, -0.15) is 0 Å². The van der Waals surface area contributed by atoms with Crippen LogP contribution in [0.2, 0.25) is 0 Å². The van der Waals surface area contributed by atoms with Crippen LogP contribution in [0.4, 0.5) is 5.69 Å². The Labute approximate surface area is 114 Å². The average molecular weight is 255 g/mol. The van der Waals surface area contributed by atoms with Gasteiger partial charge in [-0.25, -0.2) is 0 Å². The number of pyridine rings is 1. The zero-order valence-corrected chi connectivity index (χ0v) is 11.5. The lowest BCUT2D eigenvalue weighted by Gasteiger charge is -2.32. The number of anilines is 1. The molecule has 1 unspecified atom stereocenters. The Morgan fingerprint density at radius 2 is 2.26 bits per heavy atom. The van der Waals surface area contributed by atoms with Gasteiger partial charge in [-0.15, -0.1) is 0 Å². The predicted molar refractivity (Wildman–Crippen MR) is 80.5 cm³/mol. The van der Waals surface area contributed by atoms with Crippen LogP contribution in [0.25, 0.3) is 10.9 Å². The summed E-state index contributed by atoms with van der Waals surface area (Å²) in [5.41, 5.74) is 2.25. The molecule has 3 nitrogen and oxygen atoms in total. The molecule has 100 valence electrons. The summed E-state index contributed by atoms with van der Waals surface area (Å²) in [7, 11) is 2.23. The number of hydrogen-bond donors (Lipinski definition) is 1. The fourth-order valence-electron chi connectivity index (χ4n) is 2.82. The Hall–Kier alpha value is -1.61. The Balaban J connectivity index is 1.67. The van der Waals surface area contributed by atoms with Gasteiger partial charge >= 0.3 is 0 Å². The number of hydrogen-bond acceptors (Lipinski definition) is 3. The largest absolute Gasteiger partial charge is 0.383 e. The quantitative estimate of drug-likeness (QED) is 0.913. The highest BCUT2D eigenvalue weighted by Crippen LogP contribution is 2.19. The van der Waals surface area contributed by atoms with Crippen LogP contribution in [0, 0.1) is 0 Å². The molecule has 0 radical (unpaired) electrons. The third kappa shape index (κ3) is 2.87. The molecule has 1 aliphatic heterocycles. The summed E-state index contributed by atoms with van der Waals surface area (Å²) in [4.78, 5) is 6.82. The molecule has 1 fully saturated rings. The molecule has 3 heteroatoms. The molecule has 0 bridgehead atoms. The highest BCUT2D eigenvalue weighted by atomic mass is 15.2. The SMILES string of the molecule is CN1CCCCC1CNc1ccc2ncccc2c1. The summed E-state index contributed by atoms with van der Waals surface area (Å²) in [6.45, 7) is 2.26. The van der Waals surface area contributed by atoms with Crippen molar-refractivity contribution in [3.05, 3.63) is 36.5 Å². The highest BCUT2D eigenvalue weighted by Gasteiger charge is 2.18. The molecule has 3 rings (SSSR count). The van der Waals surface area contributed by atoms with Gasteiger partial charge < -0.3 is 10.2 Å². The molecule has 1 saturated heterocycles. The third-order valence-corrected chi connectivity index (χ3v) is 4.07. The minimum Gasteiger partial charge on any atom is -0.383 e. The predicted octanol–water partition coefficient (Wildman–Crippen LogP) is 3.13. The van der Waals surface area contributed by atoms with E-state index in [0.717, 1.165) is 12.1 Å². The molecule has 1 aromatic heterocycles. The Bertz CT molecular complexity index is 552. The van der Waals surface area contributed by atoms with Crippen LogP contribution < -0.4 is 5.32 Å². The van der Waals surface area contributed by atoms with Gasteiger partial charge in [-0.05, 0) is 50.7 Å². The number of likely N-dealkylation sites (N-methyl/N-ethyl adjacent to an activating group) is 1. The molecule has 1 N–H and O–H groups in total. The topological polar surface area (TPSA) is 28.2 Å². The first kappa shape index (κ1) is 12.4. The van der Waals surface area contributed by atoms with Gasteiger partial charge in [0.2, 0.25) is 0 Å². The standard InChI is InChI=1S/C16H21N3/c1-19-10-3-2-6-15(19)12-18-14-7-8-16-13(11-14)5-4-9-17-16/h4-5,7-9,11,15,18H,2-3,6,10,12H2,1H3. The van der Waals surface area contributed by atoms with E-state index >= 15 is 0 Å². The number of rotatable bonds is 3. The van der Waals surface area contributed by atoms with Crippen molar-refractivity contribution in [2.75, 3.05) is 25.5 Å². The second-order valence-electron chi connectivity index (χ2n) is 5.42. The van der Waals surface area contributed by atoms with Crippen molar-refractivity contribution in [2.45, 2.75) is 25.3 Å². The van der Waals surface area contributed by atoms with Crippen LogP contribution in [-0.4, -0.2) is 36.1 Å². The van der Waals surface area contributed by atoms with Gasteiger partial charge in [0.15, 0.2) is 0 Å². The van der Waals surface area contributed by atoms with Crippen LogP contribution in [0.3, 0.4) is 0 Å². The molecule has 0 amide bonds. The monoisotopic (exact) mass is 255 g/mol. The van der Waals surface area contributed by atoms with E-state index in [-0.39, 0.29) is 0 Å². The van der Waals surface area contributed by atoms with Gasteiger partial charge in [-0.3, -0.25) is 4.98 Å². The second-order valence-corrected chi connectivity index (χ2v) is 5.42. The minimum absolute atomic E-state index is 0.665. The zero-order chi connectivity index (χ0) is 13.1. The van der Waals surface area contributed by atoms with E-state index < -0.39 is 0 Å². The van der Waals surface area contributed by atoms with Crippen molar-refractivity contribution >= 4 is 16.6 Å². The average Bonchev–Trinajstić information content (AvgIpc) is 2.46. The van der Waals surface area contributed by atoms with Crippen LogP contribution in [0.1, 0.15) is 19.3 Å². The molecule has 1 aliphatic rings. The van der Waals surface area contributed by atoms with Crippen molar-refractivity contribution in [3.8, 4) is 0 Å². The summed E-state index contributed by atoms with van der Waals surface area (Å²) in [6.07, 6.45) is 5.85. The van der Waals surface area contributed by atoms with Gasteiger partial charge in [0.05, 0.1) is 5.52 Å². The minimum atomic E-state index is 0.665. The molecule has 2 aromatic rings. The van der Waals surface area contributed by atoms with Crippen molar-refractivity contribution in [3.63, 3.8) is 0 Å². The lowest BCUT2D eigenvalue weighted by Crippen LogP contribution is -2.40. The van der Waals surface area contributed by atoms with E-state index in [2.05, 4.69) is 46.5 Å². The molecular formula is C16H21N3. The fraction of sp³-hybridized carbons (Fsp3) is 0.438. The summed E-state index contributed by atoms with van der Waals surface area (Å²) in [5, 5.41) is 4.77. The van der Waals surface area contributed by atoms with Crippen molar-refractivity contribution < 1.29 is 0 Å². The smallest absolute Gasteiger partial charge is 0.0703 e. The van der Waals surface area contributed by atoms with E-state index in [9.17, 15) is 0 Å². The van der Waals surface area contributed by atoms with E-state index in [1.165, 1.54) is 36.9 Å².